The number of carbonyl (C=O) groups is 1. The summed E-state index contributed by atoms with van der Waals surface area (Å²) in [6.45, 7) is 6.34. The van der Waals surface area contributed by atoms with Gasteiger partial charge in [-0.2, -0.15) is 0 Å². The van der Waals surface area contributed by atoms with Crippen LogP contribution in [0.1, 0.15) is 52.9 Å². The lowest BCUT2D eigenvalue weighted by atomic mass is 9.79. The van der Waals surface area contributed by atoms with E-state index in [9.17, 15) is 4.79 Å². The SMILES string of the molecule is CC=C(C)C1CC(CC)C2=C(CCCC2=O)O1. The van der Waals surface area contributed by atoms with Crippen molar-refractivity contribution in [2.24, 2.45) is 5.92 Å². The average Bonchev–Trinajstić information content (AvgIpc) is 2.36. The minimum absolute atomic E-state index is 0.189. The zero-order valence-corrected chi connectivity index (χ0v) is 11.1. The van der Waals surface area contributed by atoms with Crippen LogP contribution in [0.25, 0.3) is 0 Å². The van der Waals surface area contributed by atoms with Crippen LogP contribution in [-0.2, 0) is 9.53 Å². The van der Waals surface area contributed by atoms with Crippen molar-refractivity contribution >= 4 is 5.78 Å². The number of Topliss-reactive ketones (excluding diaryl/α,β-unsaturated/α-hetero) is 1. The topological polar surface area (TPSA) is 26.3 Å². The molecule has 1 aliphatic heterocycles. The van der Waals surface area contributed by atoms with Crippen LogP contribution >= 0.6 is 0 Å². The molecule has 0 amide bonds. The molecule has 0 N–H and O–H groups in total. The molecule has 0 saturated carbocycles. The third-order valence-electron chi connectivity index (χ3n) is 4.06. The van der Waals surface area contributed by atoms with Gasteiger partial charge in [0.15, 0.2) is 5.78 Å². The highest BCUT2D eigenvalue weighted by atomic mass is 16.5. The molecule has 0 spiro atoms. The second kappa shape index (κ2) is 5.07. The fourth-order valence-electron chi connectivity index (χ4n) is 2.84. The Labute approximate surface area is 104 Å². The van der Waals surface area contributed by atoms with E-state index in [1.807, 2.05) is 0 Å². The molecule has 0 bridgehead atoms. The summed E-state index contributed by atoms with van der Waals surface area (Å²) in [6.07, 6.45) is 6.94. The van der Waals surface area contributed by atoms with Crippen molar-refractivity contribution in [2.45, 2.75) is 59.0 Å². The van der Waals surface area contributed by atoms with Crippen LogP contribution in [-0.4, -0.2) is 11.9 Å². The summed E-state index contributed by atoms with van der Waals surface area (Å²) < 4.78 is 6.04. The van der Waals surface area contributed by atoms with Gasteiger partial charge in [-0.05, 0) is 44.6 Å². The van der Waals surface area contributed by atoms with Crippen LogP contribution in [0.5, 0.6) is 0 Å². The Morgan fingerprint density at radius 2 is 2.24 bits per heavy atom. The van der Waals surface area contributed by atoms with Crippen molar-refractivity contribution in [1.82, 2.24) is 0 Å². The number of hydrogen-bond donors (Lipinski definition) is 0. The maximum Gasteiger partial charge on any atom is 0.162 e. The molecule has 2 aliphatic rings. The van der Waals surface area contributed by atoms with Crippen LogP contribution in [0.3, 0.4) is 0 Å². The maximum absolute atomic E-state index is 12.0. The van der Waals surface area contributed by atoms with Gasteiger partial charge in [0.1, 0.15) is 11.9 Å². The number of allylic oxidation sites excluding steroid dienone is 3. The molecule has 0 radical (unpaired) electrons. The van der Waals surface area contributed by atoms with Gasteiger partial charge in [-0.15, -0.1) is 0 Å². The molecule has 17 heavy (non-hydrogen) atoms. The number of hydrogen-bond acceptors (Lipinski definition) is 2. The molecule has 2 unspecified atom stereocenters. The minimum Gasteiger partial charge on any atom is -0.490 e. The molecule has 0 aromatic rings. The summed E-state index contributed by atoms with van der Waals surface area (Å²) in [5.41, 5.74) is 2.30. The lowest BCUT2D eigenvalue weighted by Crippen LogP contribution is -2.31. The predicted octanol–water partition coefficient (Wildman–Crippen LogP) is 3.77. The van der Waals surface area contributed by atoms with E-state index in [1.54, 1.807) is 0 Å². The second-order valence-corrected chi connectivity index (χ2v) is 5.09. The third-order valence-corrected chi connectivity index (χ3v) is 4.06. The van der Waals surface area contributed by atoms with Crippen molar-refractivity contribution in [3.8, 4) is 0 Å². The molecule has 1 aliphatic carbocycles. The number of ketones is 1. The minimum atomic E-state index is 0.189. The first-order chi connectivity index (χ1) is 8.17. The molecule has 2 atom stereocenters. The first kappa shape index (κ1) is 12.4. The Kier molecular flexibility index (Phi) is 3.70. The molecule has 94 valence electrons. The van der Waals surface area contributed by atoms with E-state index in [1.165, 1.54) is 5.57 Å². The molecule has 0 aromatic heterocycles. The Hall–Kier alpha value is -1.05. The molecule has 2 heteroatoms. The standard InChI is InChI=1S/C15H22O2/c1-4-10(3)14-9-11(5-2)15-12(16)7-6-8-13(15)17-14/h4,11,14H,5-9H2,1-3H3. The Balaban J connectivity index is 2.30. The van der Waals surface area contributed by atoms with Crippen LogP contribution in [0.2, 0.25) is 0 Å². The monoisotopic (exact) mass is 234 g/mol. The summed E-state index contributed by atoms with van der Waals surface area (Å²) in [7, 11) is 0. The van der Waals surface area contributed by atoms with Gasteiger partial charge < -0.3 is 4.74 Å². The Morgan fingerprint density at radius 3 is 2.88 bits per heavy atom. The summed E-state index contributed by atoms with van der Waals surface area (Å²) in [5.74, 6) is 1.73. The molecule has 0 aromatic carbocycles. The van der Waals surface area contributed by atoms with Gasteiger partial charge in [0.05, 0.1) is 0 Å². The van der Waals surface area contributed by atoms with Gasteiger partial charge in [0, 0.05) is 18.4 Å². The van der Waals surface area contributed by atoms with Gasteiger partial charge in [-0.25, -0.2) is 0 Å². The number of carbonyl (C=O) groups excluding carboxylic acids is 1. The summed E-state index contributed by atoms with van der Waals surface area (Å²) in [5, 5.41) is 0. The van der Waals surface area contributed by atoms with Crippen molar-refractivity contribution < 1.29 is 9.53 Å². The Morgan fingerprint density at radius 1 is 1.47 bits per heavy atom. The van der Waals surface area contributed by atoms with Crippen molar-refractivity contribution in [3.63, 3.8) is 0 Å². The number of ether oxygens (including phenoxy) is 1. The second-order valence-electron chi connectivity index (χ2n) is 5.09. The molecular formula is C15H22O2. The molecule has 2 nitrogen and oxygen atoms in total. The summed E-state index contributed by atoms with van der Waals surface area (Å²) in [6, 6.07) is 0. The first-order valence-electron chi connectivity index (χ1n) is 6.73. The fourth-order valence-corrected chi connectivity index (χ4v) is 2.84. The van der Waals surface area contributed by atoms with Crippen LogP contribution in [0.15, 0.2) is 23.0 Å². The van der Waals surface area contributed by atoms with Gasteiger partial charge in [-0.1, -0.05) is 13.0 Å². The molecule has 0 fully saturated rings. The van der Waals surface area contributed by atoms with Gasteiger partial charge >= 0.3 is 0 Å². The smallest absolute Gasteiger partial charge is 0.162 e. The van der Waals surface area contributed by atoms with E-state index >= 15 is 0 Å². The lowest BCUT2D eigenvalue weighted by molar-refractivity contribution is -0.117. The van der Waals surface area contributed by atoms with Crippen LogP contribution in [0.4, 0.5) is 0 Å². The van der Waals surface area contributed by atoms with E-state index in [0.717, 1.165) is 37.0 Å². The summed E-state index contributed by atoms with van der Waals surface area (Å²) >= 11 is 0. The van der Waals surface area contributed by atoms with Crippen LogP contribution < -0.4 is 0 Å². The van der Waals surface area contributed by atoms with E-state index in [4.69, 9.17) is 4.74 Å². The average molecular weight is 234 g/mol. The van der Waals surface area contributed by atoms with Crippen LogP contribution in [0, 0.1) is 5.92 Å². The van der Waals surface area contributed by atoms with E-state index < -0.39 is 0 Å². The third kappa shape index (κ3) is 2.31. The quantitative estimate of drug-likeness (QED) is 0.680. The van der Waals surface area contributed by atoms with Crippen molar-refractivity contribution in [1.29, 1.82) is 0 Å². The highest BCUT2D eigenvalue weighted by Crippen LogP contribution is 2.39. The van der Waals surface area contributed by atoms with E-state index in [2.05, 4.69) is 26.8 Å². The largest absolute Gasteiger partial charge is 0.490 e. The van der Waals surface area contributed by atoms with E-state index in [0.29, 0.717) is 18.1 Å². The zero-order chi connectivity index (χ0) is 12.4. The van der Waals surface area contributed by atoms with Gasteiger partial charge in [0.2, 0.25) is 0 Å². The highest BCUT2D eigenvalue weighted by Gasteiger charge is 2.35. The fraction of sp³-hybridized carbons (Fsp3) is 0.667. The number of rotatable bonds is 2. The molecule has 0 saturated heterocycles. The normalized spacial score (nSPS) is 30.1. The lowest BCUT2D eigenvalue weighted by Gasteiger charge is -2.36. The van der Waals surface area contributed by atoms with Gasteiger partial charge in [-0.3, -0.25) is 4.79 Å². The Bertz CT molecular complexity index is 376. The molecular weight excluding hydrogens is 212 g/mol. The summed E-state index contributed by atoms with van der Waals surface area (Å²) in [4.78, 5) is 12.0. The zero-order valence-electron chi connectivity index (χ0n) is 11.1. The highest BCUT2D eigenvalue weighted by molar-refractivity contribution is 5.97. The predicted molar refractivity (Wildman–Crippen MR) is 68.6 cm³/mol. The van der Waals surface area contributed by atoms with Crippen molar-refractivity contribution in [3.05, 3.63) is 23.0 Å². The molecule has 2 rings (SSSR count). The molecule has 1 heterocycles. The van der Waals surface area contributed by atoms with Gasteiger partial charge in [0.25, 0.3) is 0 Å². The first-order valence-corrected chi connectivity index (χ1v) is 6.73. The van der Waals surface area contributed by atoms with E-state index in [-0.39, 0.29) is 6.10 Å². The maximum atomic E-state index is 12.0. The van der Waals surface area contributed by atoms with Crippen molar-refractivity contribution in [2.75, 3.05) is 0 Å².